The number of aromatic amines is 2. The fraction of sp³-hybridized carbons (Fsp3) is 0.375. The van der Waals surface area contributed by atoms with Gasteiger partial charge in [0.05, 0.1) is 51.3 Å². The molecule has 0 atom stereocenters. The topological polar surface area (TPSA) is 164 Å². The summed E-state index contributed by atoms with van der Waals surface area (Å²) in [5, 5.41) is 14.9. The van der Waals surface area contributed by atoms with Crippen molar-refractivity contribution in [3.8, 4) is 22.6 Å². The second kappa shape index (κ2) is 14.3. The molecule has 258 valence electrons. The molecule has 4 aromatic rings. The molecule has 2 aliphatic rings. The minimum atomic E-state index is -4.80. The maximum atomic E-state index is 13.9. The highest BCUT2D eigenvalue weighted by molar-refractivity contribution is 6.33. The van der Waals surface area contributed by atoms with Crippen LogP contribution in [0.4, 0.5) is 18.9 Å². The summed E-state index contributed by atoms with van der Waals surface area (Å²) in [7, 11) is 1.69. The van der Waals surface area contributed by atoms with Crippen molar-refractivity contribution in [1.29, 1.82) is 0 Å². The Labute approximate surface area is 284 Å². The molecule has 3 amide bonds. The third-order valence-electron chi connectivity index (χ3n) is 8.69. The lowest BCUT2D eigenvalue weighted by atomic mass is 9.96. The standard InChI is InChI=1S/C32H34ClF3N10O3/c1-37-20-3-5-23(39-16-20)26-25(27(44-43-26)32(34,35)36)24-17-40-28(42-24)29(47)41-15-18-2-4-21(22(33)14-18)31(49)46-12-10-45(11-13-46)30(48)19-6-8-38-9-7-19/h2-5,14,16-17,19,37-38H,6-13,15H2,1H3,(H,40,42)(H,41,47)(H,43,44). The molecule has 49 heavy (non-hydrogen) atoms. The average molecular weight is 699 g/mol. The van der Waals surface area contributed by atoms with Crippen LogP contribution in [0, 0.1) is 5.92 Å². The van der Waals surface area contributed by atoms with Crippen LogP contribution in [0.15, 0.2) is 42.7 Å². The third-order valence-corrected chi connectivity index (χ3v) is 9.00. The van der Waals surface area contributed by atoms with E-state index in [-0.39, 0.29) is 57.8 Å². The number of halogens is 4. The lowest BCUT2D eigenvalue weighted by Crippen LogP contribution is -2.52. The van der Waals surface area contributed by atoms with Crippen molar-refractivity contribution in [1.82, 2.24) is 45.6 Å². The normalized spacial score (nSPS) is 15.7. The van der Waals surface area contributed by atoms with Crippen LogP contribution < -0.4 is 16.0 Å². The molecular formula is C32H34ClF3N10O3. The van der Waals surface area contributed by atoms with Crippen LogP contribution in [0.3, 0.4) is 0 Å². The van der Waals surface area contributed by atoms with Crippen molar-refractivity contribution in [2.75, 3.05) is 51.6 Å². The number of aromatic nitrogens is 5. The quantitative estimate of drug-likeness (QED) is 0.186. The zero-order valence-corrected chi connectivity index (χ0v) is 27.2. The first-order chi connectivity index (χ1) is 23.5. The molecule has 0 spiro atoms. The molecular weight excluding hydrogens is 665 g/mol. The Morgan fingerprint density at radius 1 is 1.00 bits per heavy atom. The van der Waals surface area contributed by atoms with E-state index in [4.69, 9.17) is 11.6 Å². The van der Waals surface area contributed by atoms with E-state index < -0.39 is 17.8 Å². The molecule has 2 saturated heterocycles. The van der Waals surface area contributed by atoms with Crippen molar-refractivity contribution >= 4 is 35.0 Å². The Hall–Kier alpha value is -4.96. The fourth-order valence-corrected chi connectivity index (χ4v) is 6.27. The van der Waals surface area contributed by atoms with Gasteiger partial charge in [0.15, 0.2) is 11.5 Å². The van der Waals surface area contributed by atoms with Crippen LogP contribution in [0.2, 0.25) is 5.02 Å². The number of amides is 3. The summed E-state index contributed by atoms with van der Waals surface area (Å²) in [6.45, 7) is 3.41. The number of hydrogen-bond acceptors (Lipinski definition) is 8. The summed E-state index contributed by atoms with van der Waals surface area (Å²) >= 11 is 6.49. The number of imidazole rings is 1. The van der Waals surface area contributed by atoms with Gasteiger partial charge in [-0.05, 0) is 55.8 Å². The predicted octanol–water partition coefficient (Wildman–Crippen LogP) is 3.79. The zero-order chi connectivity index (χ0) is 34.7. The summed E-state index contributed by atoms with van der Waals surface area (Å²) in [6.07, 6.45) is -0.559. The van der Waals surface area contributed by atoms with Crippen LogP contribution in [0.25, 0.3) is 22.6 Å². The minimum absolute atomic E-state index is 0.00227. The number of nitrogens with one attached hydrogen (secondary N) is 5. The lowest BCUT2D eigenvalue weighted by Gasteiger charge is -2.37. The van der Waals surface area contributed by atoms with E-state index in [2.05, 4.69) is 41.1 Å². The van der Waals surface area contributed by atoms with Gasteiger partial charge >= 0.3 is 6.18 Å². The molecule has 5 heterocycles. The van der Waals surface area contributed by atoms with E-state index in [0.29, 0.717) is 43.0 Å². The van der Waals surface area contributed by atoms with Crippen LogP contribution in [-0.2, 0) is 17.5 Å². The second-order valence-electron chi connectivity index (χ2n) is 11.8. The number of pyridine rings is 1. The number of piperidine rings is 1. The minimum Gasteiger partial charge on any atom is -0.387 e. The number of alkyl halides is 3. The van der Waals surface area contributed by atoms with Crippen LogP contribution in [0.5, 0.6) is 0 Å². The molecule has 2 fully saturated rings. The van der Waals surface area contributed by atoms with Crippen molar-refractivity contribution < 1.29 is 27.6 Å². The van der Waals surface area contributed by atoms with Crippen molar-refractivity contribution in [2.24, 2.45) is 5.92 Å². The van der Waals surface area contributed by atoms with Gasteiger partial charge in [-0.3, -0.25) is 24.5 Å². The highest BCUT2D eigenvalue weighted by Gasteiger charge is 2.39. The first-order valence-corrected chi connectivity index (χ1v) is 16.1. The largest absolute Gasteiger partial charge is 0.435 e. The van der Waals surface area contributed by atoms with Gasteiger partial charge in [0, 0.05) is 45.7 Å². The number of anilines is 1. The van der Waals surface area contributed by atoms with Gasteiger partial charge in [0.2, 0.25) is 5.91 Å². The molecule has 0 radical (unpaired) electrons. The molecule has 0 bridgehead atoms. The van der Waals surface area contributed by atoms with E-state index in [0.717, 1.165) is 32.1 Å². The van der Waals surface area contributed by atoms with Gasteiger partial charge in [0.1, 0.15) is 0 Å². The van der Waals surface area contributed by atoms with E-state index in [9.17, 15) is 27.6 Å². The van der Waals surface area contributed by atoms with Crippen molar-refractivity contribution in [3.05, 3.63) is 70.4 Å². The number of carbonyl (C=O) groups is 3. The van der Waals surface area contributed by atoms with Crippen molar-refractivity contribution in [3.63, 3.8) is 0 Å². The second-order valence-corrected chi connectivity index (χ2v) is 12.2. The highest BCUT2D eigenvalue weighted by Crippen LogP contribution is 2.40. The Bertz CT molecular complexity index is 1830. The number of H-pyrrole nitrogens is 2. The molecule has 13 nitrogen and oxygen atoms in total. The van der Waals surface area contributed by atoms with E-state index in [1.54, 1.807) is 36.2 Å². The highest BCUT2D eigenvalue weighted by atomic mass is 35.5. The summed E-state index contributed by atoms with van der Waals surface area (Å²) in [4.78, 5) is 53.5. The smallest absolute Gasteiger partial charge is 0.387 e. The van der Waals surface area contributed by atoms with Gasteiger partial charge in [-0.1, -0.05) is 17.7 Å². The van der Waals surface area contributed by atoms with Gasteiger partial charge < -0.3 is 30.7 Å². The average Bonchev–Trinajstić information content (AvgIpc) is 3.79. The summed E-state index contributed by atoms with van der Waals surface area (Å²) in [5.74, 6) is -0.965. The van der Waals surface area contributed by atoms with Crippen LogP contribution in [-0.4, -0.2) is 99.0 Å². The number of carbonyl (C=O) groups excluding carboxylic acids is 3. The molecule has 6 rings (SSSR count). The number of rotatable bonds is 8. The Balaban J connectivity index is 1.08. The third kappa shape index (κ3) is 7.39. The SMILES string of the molecule is CNc1ccc(-c2[nH]nc(C(F)(F)F)c2-c2cnc(C(=O)NCc3ccc(C(=O)N4CCN(C(=O)C5CCNCC5)CC4)c(Cl)c3)[nH]2)nc1. The van der Waals surface area contributed by atoms with Gasteiger partial charge in [-0.2, -0.15) is 18.3 Å². The first kappa shape index (κ1) is 33.9. The first-order valence-electron chi connectivity index (χ1n) is 15.7. The van der Waals surface area contributed by atoms with Gasteiger partial charge in [-0.15, -0.1) is 0 Å². The maximum Gasteiger partial charge on any atom is 0.435 e. The molecule has 0 aliphatic carbocycles. The monoisotopic (exact) mass is 698 g/mol. The zero-order valence-electron chi connectivity index (χ0n) is 26.5. The van der Waals surface area contributed by atoms with Gasteiger partial charge in [-0.25, -0.2) is 4.98 Å². The summed E-state index contributed by atoms with van der Waals surface area (Å²) in [6, 6.07) is 8.00. The number of hydrogen-bond donors (Lipinski definition) is 5. The molecule has 3 aromatic heterocycles. The molecule has 1 aromatic carbocycles. The number of nitrogens with zero attached hydrogens (tertiary/aromatic N) is 5. The Morgan fingerprint density at radius 3 is 2.39 bits per heavy atom. The lowest BCUT2D eigenvalue weighted by molar-refractivity contribution is -0.140. The fourth-order valence-electron chi connectivity index (χ4n) is 5.98. The molecule has 5 N–H and O–H groups in total. The molecule has 0 unspecified atom stereocenters. The van der Waals surface area contributed by atoms with Crippen LogP contribution >= 0.6 is 11.6 Å². The maximum absolute atomic E-state index is 13.9. The van der Waals surface area contributed by atoms with E-state index in [1.807, 2.05) is 4.90 Å². The van der Waals surface area contributed by atoms with Crippen LogP contribution in [0.1, 0.15) is 45.1 Å². The Kier molecular flexibility index (Phi) is 9.87. The van der Waals surface area contributed by atoms with Crippen molar-refractivity contribution in [2.45, 2.75) is 25.6 Å². The summed E-state index contributed by atoms with van der Waals surface area (Å²) in [5.41, 5.74) is 0.176. The predicted molar refractivity (Wildman–Crippen MR) is 175 cm³/mol. The van der Waals surface area contributed by atoms with E-state index in [1.165, 1.54) is 12.3 Å². The van der Waals surface area contributed by atoms with Gasteiger partial charge in [0.25, 0.3) is 11.8 Å². The number of benzene rings is 1. The number of piperazine rings is 1. The molecule has 0 saturated carbocycles. The van der Waals surface area contributed by atoms with E-state index >= 15 is 0 Å². The molecule has 2 aliphatic heterocycles. The molecule has 17 heteroatoms. The Morgan fingerprint density at radius 2 is 1.73 bits per heavy atom. The summed E-state index contributed by atoms with van der Waals surface area (Å²) < 4.78 is 41.7.